The first-order chi connectivity index (χ1) is 13.2. The molecule has 0 bridgehead atoms. The van der Waals surface area contributed by atoms with E-state index in [-0.39, 0.29) is 5.91 Å². The van der Waals surface area contributed by atoms with Crippen LogP contribution in [0.5, 0.6) is 11.5 Å². The van der Waals surface area contributed by atoms with E-state index in [1.807, 2.05) is 37.3 Å². The molecule has 0 fully saturated rings. The van der Waals surface area contributed by atoms with Crippen molar-refractivity contribution in [3.05, 3.63) is 71.0 Å². The zero-order chi connectivity index (χ0) is 19.1. The second-order valence-corrected chi connectivity index (χ2v) is 6.50. The summed E-state index contributed by atoms with van der Waals surface area (Å²) in [6.07, 6.45) is 0.731. The molecular formula is C20H21N3O3S. The molecule has 7 heteroatoms. The molecule has 0 saturated heterocycles. The Balaban J connectivity index is 1.52. The summed E-state index contributed by atoms with van der Waals surface area (Å²) in [5, 5.41) is 2.93. The third-order valence-electron chi connectivity index (χ3n) is 4.05. The van der Waals surface area contributed by atoms with Gasteiger partial charge in [0, 0.05) is 12.1 Å². The lowest BCUT2D eigenvalue weighted by atomic mass is 10.1. The van der Waals surface area contributed by atoms with Gasteiger partial charge in [0.15, 0.2) is 0 Å². The average Bonchev–Trinajstić information content (AvgIpc) is 3.11. The molecule has 6 nitrogen and oxygen atoms in total. The van der Waals surface area contributed by atoms with Gasteiger partial charge >= 0.3 is 0 Å². The number of ether oxygens (including phenoxy) is 2. The molecule has 1 aromatic heterocycles. The van der Waals surface area contributed by atoms with Gasteiger partial charge in [0.2, 0.25) is 0 Å². The van der Waals surface area contributed by atoms with Crippen molar-refractivity contribution in [3.8, 4) is 11.5 Å². The van der Waals surface area contributed by atoms with Crippen molar-refractivity contribution in [1.82, 2.24) is 14.1 Å². The van der Waals surface area contributed by atoms with Gasteiger partial charge in [-0.25, -0.2) is 0 Å². The lowest BCUT2D eigenvalue weighted by Crippen LogP contribution is -2.25. The Morgan fingerprint density at radius 1 is 1.11 bits per heavy atom. The van der Waals surface area contributed by atoms with Crippen LogP contribution in [0.15, 0.2) is 48.5 Å². The number of carbonyl (C=O) groups excluding carboxylic acids is 1. The minimum absolute atomic E-state index is 0.130. The second kappa shape index (κ2) is 9.14. The van der Waals surface area contributed by atoms with E-state index in [0.29, 0.717) is 24.5 Å². The average molecular weight is 383 g/mol. The van der Waals surface area contributed by atoms with E-state index < -0.39 is 0 Å². The molecule has 1 heterocycles. The van der Waals surface area contributed by atoms with Crippen molar-refractivity contribution >= 4 is 17.6 Å². The number of hydrogen-bond donors (Lipinski definition) is 1. The molecule has 140 valence electrons. The number of benzene rings is 2. The molecule has 1 amide bonds. The summed E-state index contributed by atoms with van der Waals surface area (Å²) in [7, 11) is 1.64. The molecule has 3 rings (SSSR count). The molecule has 0 radical (unpaired) electrons. The number of nitrogens with one attached hydrogen (secondary N) is 1. The Bertz CT molecular complexity index is 911. The van der Waals surface area contributed by atoms with Crippen molar-refractivity contribution < 1.29 is 14.3 Å². The van der Waals surface area contributed by atoms with E-state index in [1.54, 1.807) is 25.3 Å². The molecule has 0 atom stereocenters. The molecule has 0 saturated carbocycles. The van der Waals surface area contributed by atoms with Crippen molar-refractivity contribution in [2.45, 2.75) is 20.0 Å². The Kier molecular flexibility index (Phi) is 6.38. The highest BCUT2D eigenvalue weighted by Gasteiger charge is 2.08. The van der Waals surface area contributed by atoms with Crippen LogP contribution in [0, 0.1) is 6.92 Å². The van der Waals surface area contributed by atoms with E-state index in [4.69, 9.17) is 9.47 Å². The number of amides is 1. The highest BCUT2D eigenvalue weighted by molar-refractivity contribution is 6.99. The van der Waals surface area contributed by atoms with Crippen LogP contribution in [0.25, 0.3) is 0 Å². The fourth-order valence-electron chi connectivity index (χ4n) is 2.51. The first-order valence-electron chi connectivity index (χ1n) is 8.58. The highest BCUT2D eigenvalue weighted by atomic mass is 32.1. The molecule has 0 unspecified atom stereocenters. The topological polar surface area (TPSA) is 73.3 Å². The van der Waals surface area contributed by atoms with Crippen molar-refractivity contribution in [1.29, 1.82) is 0 Å². The van der Waals surface area contributed by atoms with Gasteiger partial charge in [0.1, 0.15) is 23.8 Å². The van der Waals surface area contributed by atoms with Gasteiger partial charge in [-0.15, -0.1) is 0 Å². The Labute approximate surface area is 162 Å². The second-order valence-electron chi connectivity index (χ2n) is 5.97. The summed E-state index contributed by atoms with van der Waals surface area (Å²) in [4.78, 5) is 12.4. The number of nitrogens with zero attached hydrogens (tertiary/aromatic N) is 2. The number of aryl methyl sites for hydroxylation is 1. The molecular weight excluding hydrogens is 362 g/mol. The first kappa shape index (κ1) is 18.8. The molecule has 0 aliphatic heterocycles. The molecule has 2 aromatic carbocycles. The van der Waals surface area contributed by atoms with Gasteiger partial charge in [-0.3, -0.25) is 4.79 Å². The number of carbonyl (C=O) groups is 1. The molecule has 0 aliphatic rings. The summed E-state index contributed by atoms with van der Waals surface area (Å²) in [5.74, 6) is 1.31. The van der Waals surface area contributed by atoms with Gasteiger partial charge in [0.05, 0.1) is 24.5 Å². The van der Waals surface area contributed by atoms with Crippen LogP contribution in [-0.2, 0) is 13.0 Å². The molecule has 1 N–H and O–H groups in total. The van der Waals surface area contributed by atoms with E-state index in [9.17, 15) is 4.79 Å². The smallest absolute Gasteiger partial charge is 0.251 e. The van der Waals surface area contributed by atoms with Gasteiger partial charge in [-0.1, -0.05) is 18.2 Å². The summed E-state index contributed by atoms with van der Waals surface area (Å²) in [5.41, 5.74) is 3.35. The molecule has 27 heavy (non-hydrogen) atoms. The van der Waals surface area contributed by atoms with E-state index >= 15 is 0 Å². The van der Waals surface area contributed by atoms with Gasteiger partial charge < -0.3 is 14.8 Å². The van der Waals surface area contributed by atoms with Crippen LogP contribution in [0.4, 0.5) is 0 Å². The highest BCUT2D eigenvalue weighted by Crippen LogP contribution is 2.16. The molecule has 0 spiro atoms. The Morgan fingerprint density at radius 2 is 1.93 bits per heavy atom. The van der Waals surface area contributed by atoms with Crippen LogP contribution in [-0.4, -0.2) is 28.3 Å². The largest absolute Gasteiger partial charge is 0.497 e. The summed E-state index contributed by atoms with van der Waals surface area (Å²) in [6, 6.07) is 14.9. The van der Waals surface area contributed by atoms with Gasteiger partial charge in [0.25, 0.3) is 5.91 Å². The number of rotatable bonds is 8. The van der Waals surface area contributed by atoms with Crippen LogP contribution in [0.2, 0.25) is 0 Å². The van der Waals surface area contributed by atoms with E-state index in [0.717, 1.165) is 29.1 Å². The minimum atomic E-state index is -0.130. The standard InChI is InChI=1S/C20H21N3O3S/c1-14-19(23-27-22-14)13-26-18-8-4-6-16(12-18)20(24)21-10-9-15-5-3-7-17(11-15)25-2/h3-8,11-12H,9-10,13H2,1-2H3,(H,21,24). The van der Waals surface area contributed by atoms with E-state index in [1.165, 1.54) is 11.7 Å². The third-order valence-corrected chi connectivity index (χ3v) is 4.71. The normalized spacial score (nSPS) is 10.4. The van der Waals surface area contributed by atoms with Crippen molar-refractivity contribution in [2.24, 2.45) is 0 Å². The maximum absolute atomic E-state index is 12.4. The lowest BCUT2D eigenvalue weighted by Gasteiger charge is -2.09. The van der Waals surface area contributed by atoms with Gasteiger partial charge in [-0.2, -0.15) is 8.75 Å². The molecule has 3 aromatic rings. The lowest BCUT2D eigenvalue weighted by molar-refractivity contribution is 0.0953. The fraction of sp³-hybridized carbons (Fsp3) is 0.250. The van der Waals surface area contributed by atoms with E-state index in [2.05, 4.69) is 14.1 Å². The maximum Gasteiger partial charge on any atom is 0.251 e. The minimum Gasteiger partial charge on any atom is -0.497 e. The predicted octanol–water partition coefficient (Wildman–Crippen LogP) is 3.41. The van der Waals surface area contributed by atoms with Crippen LogP contribution in [0.3, 0.4) is 0 Å². The number of methoxy groups -OCH3 is 1. The zero-order valence-electron chi connectivity index (χ0n) is 15.3. The summed E-state index contributed by atoms with van der Waals surface area (Å²) < 4.78 is 19.3. The number of aromatic nitrogens is 2. The van der Waals surface area contributed by atoms with Crippen LogP contribution >= 0.6 is 11.7 Å². The quantitative estimate of drug-likeness (QED) is 0.645. The third kappa shape index (κ3) is 5.27. The zero-order valence-corrected chi connectivity index (χ0v) is 16.1. The number of hydrogen-bond acceptors (Lipinski definition) is 6. The van der Waals surface area contributed by atoms with Crippen molar-refractivity contribution in [3.63, 3.8) is 0 Å². The fourth-order valence-corrected chi connectivity index (χ4v) is 3.06. The molecule has 0 aliphatic carbocycles. The van der Waals surface area contributed by atoms with Crippen LogP contribution in [0.1, 0.15) is 27.3 Å². The summed E-state index contributed by atoms with van der Waals surface area (Å²) in [6.45, 7) is 2.78. The Hall–Kier alpha value is -2.93. The SMILES string of the molecule is COc1cccc(CCNC(=O)c2cccc(OCc3nsnc3C)c2)c1. The van der Waals surface area contributed by atoms with Gasteiger partial charge in [-0.05, 0) is 49.2 Å². The maximum atomic E-state index is 12.4. The van der Waals surface area contributed by atoms with Crippen molar-refractivity contribution in [2.75, 3.05) is 13.7 Å². The Morgan fingerprint density at radius 3 is 2.70 bits per heavy atom. The monoisotopic (exact) mass is 383 g/mol. The predicted molar refractivity (Wildman–Crippen MR) is 104 cm³/mol. The first-order valence-corrected chi connectivity index (χ1v) is 9.31. The summed E-state index contributed by atoms with van der Waals surface area (Å²) >= 11 is 1.17. The van der Waals surface area contributed by atoms with Crippen LogP contribution < -0.4 is 14.8 Å².